The molecule has 2 rings (SSSR count). The molecule has 0 bridgehead atoms. The van der Waals surface area contributed by atoms with Gasteiger partial charge in [-0.25, -0.2) is 4.98 Å². The highest BCUT2D eigenvalue weighted by molar-refractivity contribution is 6.35. The number of nitrogen functional groups attached to an aromatic ring is 1. The van der Waals surface area contributed by atoms with Gasteiger partial charge in [-0.05, 0) is 36.8 Å². The number of benzene rings is 1. The van der Waals surface area contributed by atoms with Crippen molar-refractivity contribution in [3.63, 3.8) is 0 Å². The molecule has 106 valence electrons. The maximum absolute atomic E-state index is 12.9. The van der Waals surface area contributed by atoms with E-state index in [-0.39, 0.29) is 16.5 Å². The number of pyridine rings is 1. The van der Waals surface area contributed by atoms with E-state index in [1.165, 1.54) is 12.3 Å². The van der Waals surface area contributed by atoms with Gasteiger partial charge in [0.2, 0.25) is 0 Å². The van der Waals surface area contributed by atoms with E-state index in [2.05, 4.69) is 10.3 Å². The van der Waals surface area contributed by atoms with E-state index in [4.69, 9.17) is 17.3 Å². The Morgan fingerprint density at radius 3 is 2.65 bits per heavy atom. The second kappa shape index (κ2) is 5.20. The molecule has 0 amide bonds. The van der Waals surface area contributed by atoms with Gasteiger partial charge in [-0.1, -0.05) is 11.6 Å². The minimum atomic E-state index is -4.50. The summed E-state index contributed by atoms with van der Waals surface area (Å²) in [6.07, 6.45) is -3.23. The lowest BCUT2D eigenvalue weighted by molar-refractivity contribution is -0.137. The maximum atomic E-state index is 12.9. The minimum Gasteiger partial charge on any atom is -0.397 e. The fraction of sp³-hybridized carbons (Fsp3) is 0.154. The molecule has 0 atom stereocenters. The van der Waals surface area contributed by atoms with E-state index in [9.17, 15) is 13.2 Å². The van der Waals surface area contributed by atoms with Crippen molar-refractivity contribution in [1.82, 2.24) is 4.98 Å². The molecule has 0 aliphatic carbocycles. The lowest BCUT2D eigenvalue weighted by Crippen LogP contribution is -2.10. The Morgan fingerprint density at radius 2 is 2.00 bits per heavy atom. The van der Waals surface area contributed by atoms with Crippen LogP contribution in [0.15, 0.2) is 30.5 Å². The lowest BCUT2D eigenvalue weighted by atomic mass is 10.2. The summed E-state index contributed by atoms with van der Waals surface area (Å²) in [7, 11) is 0. The van der Waals surface area contributed by atoms with Crippen LogP contribution in [0.5, 0.6) is 0 Å². The molecule has 0 unspecified atom stereocenters. The summed E-state index contributed by atoms with van der Waals surface area (Å²) in [6, 6.07) is 5.41. The molecule has 2 aromatic rings. The van der Waals surface area contributed by atoms with Gasteiger partial charge < -0.3 is 11.1 Å². The number of halogens is 4. The molecule has 1 aromatic carbocycles. The van der Waals surface area contributed by atoms with Gasteiger partial charge in [0, 0.05) is 6.20 Å². The van der Waals surface area contributed by atoms with Gasteiger partial charge in [-0.2, -0.15) is 13.2 Å². The lowest BCUT2D eigenvalue weighted by Gasteiger charge is -2.15. The van der Waals surface area contributed by atoms with Crippen LogP contribution in [0.2, 0.25) is 5.02 Å². The first-order valence-electron chi connectivity index (χ1n) is 5.64. The normalized spacial score (nSPS) is 11.4. The molecule has 3 nitrogen and oxygen atoms in total. The fourth-order valence-corrected chi connectivity index (χ4v) is 1.91. The van der Waals surface area contributed by atoms with Crippen LogP contribution in [-0.4, -0.2) is 4.98 Å². The minimum absolute atomic E-state index is 0.161. The standard InChI is InChI=1S/C13H11ClF3N3/c1-7-5-9(18)11(14)10(6-7)20-12-8(13(15,16)17)3-2-4-19-12/h2-6H,18H2,1H3,(H,19,20). The maximum Gasteiger partial charge on any atom is 0.419 e. The molecule has 0 saturated heterocycles. The quantitative estimate of drug-likeness (QED) is 0.809. The molecule has 0 spiro atoms. The molecule has 0 saturated carbocycles. The van der Waals surface area contributed by atoms with E-state index < -0.39 is 11.7 Å². The number of nitrogens with one attached hydrogen (secondary N) is 1. The zero-order valence-electron chi connectivity index (χ0n) is 10.4. The summed E-state index contributed by atoms with van der Waals surface area (Å²) in [5.74, 6) is -0.313. The highest BCUT2D eigenvalue weighted by Gasteiger charge is 2.34. The number of rotatable bonds is 2. The van der Waals surface area contributed by atoms with E-state index in [0.29, 0.717) is 5.69 Å². The third-order valence-corrected chi connectivity index (χ3v) is 3.03. The van der Waals surface area contributed by atoms with Gasteiger partial charge in [0.25, 0.3) is 0 Å². The van der Waals surface area contributed by atoms with E-state index in [1.807, 2.05) is 0 Å². The van der Waals surface area contributed by atoms with Crippen molar-refractivity contribution >= 4 is 28.8 Å². The highest BCUT2D eigenvalue weighted by atomic mass is 35.5. The molecule has 3 N–H and O–H groups in total. The number of aryl methyl sites for hydroxylation is 1. The van der Waals surface area contributed by atoms with E-state index >= 15 is 0 Å². The van der Waals surface area contributed by atoms with Gasteiger partial charge >= 0.3 is 6.18 Å². The summed E-state index contributed by atoms with van der Waals surface area (Å²) in [4.78, 5) is 3.71. The van der Waals surface area contributed by atoms with Crippen LogP contribution in [0, 0.1) is 6.92 Å². The first-order chi connectivity index (χ1) is 9.29. The first-order valence-corrected chi connectivity index (χ1v) is 6.01. The van der Waals surface area contributed by atoms with Crippen LogP contribution in [0.4, 0.5) is 30.4 Å². The van der Waals surface area contributed by atoms with Crippen molar-refractivity contribution in [2.24, 2.45) is 0 Å². The smallest absolute Gasteiger partial charge is 0.397 e. The summed E-state index contributed by atoms with van der Waals surface area (Å²) < 4.78 is 38.6. The molecular weight excluding hydrogens is 291 g/mol. The number of hydrogen-bond donors (Lipinski definition) is 2. The molecule has 0 radical (unpaired) electrons. The Labute approximate surface area is 118 Å². The van der Waals surface area contributed by atoms with Gasteiger partial charge in [-0.3, -0.25) is 0 Å². The number of alkyl halides is 3. The number of nitrogens with zero attached hydrogens (tertiary/aromatic N) is 1. The summed E-state index contributed by atoms with van der Waals surface area (Å²) in [5.41, 5.74) is 6.17. The SMILES string of the molecule is Cc1cc(N)c(Cl)c(Nc2ncccc2C(F)(F)F)c1. The van der Waals surface area contributed by atoms with Gasteiger partial charge in [0.05, 0.1) is 22.0 Å². The molecule has 0 aliphatic rings. The zero-order chi connectivity index (χ0) is 14.9. The number of anilines is 3. The Bertz CT molecular complexity index is 641. The molecule has 0 fully saturated rings. The third kappa shape index (κ3) is 2.96. The largest absolute Gasteiger partial charge is 0.419 e. The number of hydrogen-bond acceptors (Lipinski definition) is 3. The van der Waals surface area contributed by atoms with Gasteiger partial charge in [-0.15, -0.1) is 0 Å². The van der Waals surface area contributed by atoms with Crippen LogP contribution in [0.25, 0.3) is 0 Å². The summed E-state index contributed by atoms with van der Waals surface area (Å²) in [5, 5.41) is 2.75. The van der Waals surface area contributed by atoms with E-state index in [0.717, 1.165) is 11.6 Å². The molecular formula is C13H11ClF3N3. The predicted octanol–water partition coefficient (Wildman–Crippen LogP) is 4.39. The fourth-order valence-electron chi connectivity index (χ4n) is 1.75. The molecule has 7 heteroatoms. The van der Waals surface area contributed by atoms with E-state index in [1.54, 1.807) is 19.1 Å². The monoisotopic (exact) mass is 301 g/mol. The van der Waals surface area contributed by atoms with Gasteiger partial charge in [0.15, 0.2) is 0 Å². The van der Waals surface area contributed by atoms with Crippen molar-refractivity contribution in [2.75, 3.05) is 11.1 Å². The number of aromatic nitrogens is 1. The summed E-state index contributed by atoms with van der Waals surface area (Å²) in [6.45, 7) is 1.76. The first kappa shape index (κ1) is 14.5. The zero-order valence-corrected chi connectivity index (χ0v) is 11.2. The van der Waals surface area contributed by atoms with Crippen molar-refractivity contribution in [3.8, 4) is 0 Å². The third-order valence-electron chi connectivity index (χ3n) is 2.61. The second-order valence-corrected chi connectivity index (χ2v) is 4.62. The van der Waals surface area contributed by atoms with Crippen molar-refractivity contribution in [3.05, 3.63) is 46.6 Å². The van der Waals surface area contributed by atoms with Crippen LogP contribution in [0.1, 0.15) is 11.1 Å². The topological polar surface area (TPSA) is 50.9 Å². The average Bonchev–Trinajstić information content (AvgIpc) is 2.34. The van der Waals surface area contributed by atoms with Gasteiger partial charge in [0.1, 0.15) is 5.82 Å². The Balaban J connectivity index is 2.46. The second-order valence-electron chi connectivity index (χ2n) is 4.24. The Hall–Kier alpha value is -1.95. The summed E-state index contributed by atoms with van der Waals surface area (Å²) >= 11 is 5.99. The highest BCUT2D eigenvalue weighted by Crippen LogP contribution is 2.37. The predicted molar refractivity (Wildman–Crippen MR) is 73.1 cm³/mol. The molecule has 20 heavy (non-hydrogen) atoms. The van der Waals surface area contributed by atoms with Crippen LogP contribution in [-0.2, 0) is 6.18 Å². The van der Waals surface area contributed by atoms with Crippen molar-refractivity contribution in [1.29, 1.82) is 0 Å². The molecule has 1 aromatic heterocycles. The average molecular weight is 302 g/mol. The van der Waals surface area contributed by atoms with Crippen LogP contribution < -0.4 is 11.1 Å². The van der Waals surface area contributed by atoms with Crippen molar-refractivity contribution in [2.45, 2.75) is 13.1 Å². The molecule has 1 heterocycles. The Morgan fingerprint density at radius 1 is 1.30 bits per heavy atom. The molecule has 0 aliphatic heterocycles. The van der Waals surface area contributed by atoms with Crippen LogP contribution in [0.3, 0.4) is 0 Å². The number of nitrogens with two attached hydrogens (primary N) is 1. The van der Waals surface area contributed by atoms with Crippen LogP contribution >= 0.6 is 11.6 Å². The van der Waals surface area contributed by atoms with Crippen molar-refractivity contribution < 1.29 is 13.2 Å². The Kier molecular flexibility index (Phi) is 3.76.